The van der Waals surface area contributed by atoms with Gasteiger partial charge in [-0.15, -0.1) is 0 Å². The number of aromatic nitrogens is 2. The number of guanidine groups is 1. The molecule has 1 aliphatic rings. The number of nitrogens with one attached hydrogen (secondary N) is 2. The lowest BCUT2D eigenvalue weighted by atomic mass is 10.2. The Balaban J connectivity index is 1.70. The van der Waals surface area contributed by atoms with Crippen LogP contribution in [0, 0.1) is 0 Å². The van der Waals surface area contributed by atoms with Crippen LogP contribution >= 0.6 is 0 Å². The maximum Gasteiger partial charge on any atom is 0.225 e. The molecule has 1 aromatic rings. The third-order valence-electron chi connectivity index (χ3n) is 4.32. The minimum atomic E-state index is 0.167. The molecule has 1 aliphatic heterocycles. The Kier molecular flexibility index (Phi) is 7.43. The Bertz CT molecular complexity index is 555. The second kappa shape index (κ2) is 9.80. The smallest absolute Gasteiger partial charge is 0.225 e. The van der Waals surface area contributed by atoms with Crippen LogP contribution in [-0.4, -0.2) is 72.5 Å². The van der Waals surface area contributed by atoms with E-state index in [0.717, 1.165) is 31.4 Å². The lowest BCUT2D eigenvalue weighted by Gasteiger charge is -2.34. The van der Waals surface area contributed by atoms with Crippen molar-refractivity contribution >= 4 is 17.8 Å². The van der Waals surface area contributed by atoms with Crippen molar-refractivity contribution in [3.05, 3.63) is 18.5 Å². The van der Waals surface area contributed by atoms with Gasteiger partial charge in [0.05, 0.1) is 0 Å². The molecule has 1 amide bonds. The number of hydrogen-bond acceptors (Lipinski definition) is 5. The van der Waals surface area contributed by atoms with Crippen molar-refractivity contribution in [2.75, 3.05) is 44.7 Å². The molecule has 0 radical (unpaired) electrons. The van der Waals surface area contributed by atoms with E-state index in [9.17, 15) is 4.79 Å². The first-order valence-electron chi connectivity index (χ1n) is 8.91. The van der Waals surface area contributed by atoms with Crippen LogP contribution in [0.2, 0.25) is 0 Å². The first kappa shape index (κ1) is 19.0. The molecule has 2 heterocycles. The molecular formula is C17H29N7O. The zero-order valence-corrected chi connectivity index (χ0v) is 15.4. The van der Waals surface area contributed by atoms with Gasteiger partial charge in [0.25, 0.3) is 0 Å². The van der Waals surface area contributed by atoms with E-state index < -0.39 is 0 Å². The number of carbonyl (C=O) groups excluding carboxylic acids is 1. The van der Waals surface area contributed by atoms with Crippen LogP contribution in [0.3, 0.4) is 0 Å². The minimum Gasteiger partial charge on any atom is -0.356 e. The van der Waals surface area contributed by atoms with E-state index in [4.69, 9.17) is 0 Å². The van der Waals surface area contributed by atoms with Gasteiger partial charge in [0.2, 0.25) is 11.9 Å². The minimum absolute atomic E-state index is 0.167. The summed E-state index contributed by atoms with van der Waals surface area (Å²) < 4.78 is 0. The lowest BCUT2D eigenvalue weighted by molar-refractivity contribution is -0.131. The maximum absolute atomic E-state index is 12.4. The van der Waals surface area contributed by atoms with Crippen LogP contribution in [0.5, 0.6) is 0 Å². The zero-order valence-electron chi connectivity index (χ0n) is 15.4. The summed E-state index contributed by atoms with van der Waals surface area (Å²) in [6, 6.07) is 2.16. The summed E-state index contributed by atoms with van der Waals surface area (Å²) >= 11 is 0. The number of rotatable bonds is 6. The van der Waals surface area contributed by atoms with E-state index in [2.05, 4.69) is 44.3 Å². The van der Waals surface area contributed by atoms with Crippen LogP contribution < -0.4 is 15.5 Å². The van der Waals surface area contributed by atoms with Crippen molar-refractivity contribution in [3.8, 4) is 0 Å². The second-order valence-corrected chi connectivity index (χ2v) is 6.12. The highest BCUT2D eigenvalue weighted by Crippen LogP contribution is 2.10. The monoisotopic (exact) mass is 347 g/mol. The predicted molar refractivity (Wildman–Crippen MR) is 99.7 cm³/mol. The second-order valence-electron chi connectivity index (χ2n) is 6.12. The molecule has 2 N–H and O–H groups in total. The van der Waals surface area contributed by atoms with Gasteiger partial charge in [-0.3, -0.25) is 9.79 Å². The van der Waals surface area contributed by atoms with Gasteiger partial charge in [-0.05, 0) is 19.4 Å². The fourth-order valence-corrected chi connectivity index (χ4v) is 2.59. The van der Waals surface area contributed by atoms with Gasteiger partial charge >= 0.3 is 0 Å². The van der Waals surface area contributed by atoms with Crippen LogP contribution in [0.4, 0.5) is 5.95 Å². The Morgan fingerprint density at radius 1 is 1.28 bits per heavy atom. The van der Waals surface area contributed by atoms with Crippen molar-refractivity contribution < 1.29 is 4.79 Å². The molecule has 1 aromatic heterocycles. The van der Waals surface area contributed by atoms with Gasteiger partial charge in [0.1, 0.15) is 0 Å². The summed E-state index contributed by atoms with van der Waals surface area (Å²) in [5.41, 5.74) is 0. The zero-order chi connectivity index (χ0) is 18.1. The Hall–Kier alpha value is -2.38. The number of amides is 1. The summed E-state index contributed by atoms with van der Waals surface area (Å²) in [5.74, 6) is 1.64. The van der Waals surface area contributed by atoms with Gasteiger partial charge < -0.3 is 20.4 Å². The van der Waals surface area contributed by atoms with E-state index >= 15 is 0 Å². The molecule has 0 bridgehead atoms. The fraction of sp³-hybridized carbons (Fsp3) is 0.647. The van der Waals surface area contributed by atoms with Crippen molar-refractivity contribution in [2.45, 2.75) is 32.7 Å². The first-order chi connectivity index (χ1) is 12.1. The molecule has 0 aliphatic carbocycles. The van der Waals surface area contributed by atoms with Crippen molar-refractivity contribution in [3.63, 3.8) is 0 Å². The normalized spacial score (nSPS) is 16.5. The van der Waals surface area contributed by atoms with E-state index in [0.29, 0.717) is 32.1 Å². The number of nitrogens with zero attached hydrogens (tertiary/aromatic N) is 5. The summed E-state index contributed by atoms with van der Waals surface area (Å²) in [6.07, 6.45) is 4.97. The molecular weight excluding hydrogens is 318 g/mol. The van der Waals surface area contributed by atoms with Crippen LogP contribution in [0.1, 0.15) is 26.7 Å². The third kappa shape index (κ3) is 5.88. The van der Waals surface area contributed by atoms with Gasteiger partial charge in [0, 0.05) is 64.6 Å². The van der Waals surface area contributed by atoms with E-state index in [1.165, 1.54) is 0 Å². The van der Waals surface area contributed by atoms with Gasteiger partial charge in [-0.1, -0.05) is 6.92 Å². The fourth-order valence-electron chi connectivity index (χ4n) is 2.59. The molecule has 0 saturated carbocycles. The number of carbonyl (C=O) groups is 1. The van der Waals surface area contributed by atoms with Crippen molar-refractivity contribution in [1.82, 2.24) is 25.5 Å². The molecule has 1 unspecified atom stereocenters. The Morgan fingerprint density at radius 2 is 1.96 bits per heavy atom. The largest absolute Gasteiger partial charge is 0.356 e. The summed E-state index contributed by atoms with van der Waals surface area (Å²) in [4.78, 5) is 29.1. The highest BCUT2D eigenvalue weighted by molar-refractivity contribution is 5.81. The SMILES string of the molecule is CCC(C)NC(=NC)NCCC(=O)N1CCN(c2ncccn2)CC1. The molecule has 2 rings (SSSR count). The molecule has 8 heteroatoms. The van der Waals surface area contributed by atoms with E-state index in [1.54, 1.807) is 25.5 Å². The van der Waals surface area contributed by atoms with Crippen molar-refractivity contribution in [1.29, 1.82) is 0 Å². The highest BCUT2D eigenvalue weighted by atomic mass is 16.2. The van der Waals surface area contributed by atoms with Gasteiger partial charge in [0.15, 0.2) is 5.96 Å². The molecule has 1 fully saturated rings. The predicted octanol–water partition coefficient (Wildman–Crippen LogP) is 0.479. The summed E-state index contributed by atoms with van der Waals surface area (Å²) in [6.45, 7) is 7.74. The molecule has 1 saturated heterocycles. The summed E-state index contributed by atoms with van der Waals surface area (Å²) in [7, 11) is 1.74. The van der Waals surface area contributed by atoms with Crippen LogP contribution in [0.25, 0.3) is 0 Å². The number of anilines is 1. The molecule has 138 valence electrons. The Morgan fingerprint density at radius 3 is 2.56 bits per heavy atom. The summed E-state index contributed by atoms with van der Waals surface area (Å²) in [5, 5.41) is 6.49. The maximum atomic E-state index is 12.4. The Labute approximate surface area is 149 Å². The number of aliphatic imine (C=N–C) groups is 1. The topological polar surface area (TPSA) is 85.8 Å². The van der Waals surface area contributed by atoms with Crippen LogP contribution in [0.15, 0.2) is 23.5 Å². The molecule has 0 aromatic carbocycles. The first-order valence-corrected chi connectivity index (χ1v) is 8.91. The van der Waals surface area contributed by atoms with Crippen molar-refractivity contribution in [2.24, 2.45) is 4.99 Å². The third-order valence-corrected chi connectivity index (χ3v) is 4.32. The lowest BCUT2D eigenvalue weighted by Crippen LogP contribution is -2.50. The molecule has 0 spiro atoms. The van der Waals surface area contributed by atoms with Gasteiger partial charge in [-0.25, -0.2) is 9.97 Å². The standard InChI is InChI=1S/C17H29N7O/c1-4-14(2)22-16(18-3)19-9-6-15(25)23-10-12-24(13-11-23)17-20-7-5-8-21-17/h5,7-8,14H,4,6,9-13H2,1-3H3,(H2,18,19,22). The number of hydrogen-bond donors (Lipinski definition) is 2. The van der Waals surface area contributed by atoms with Crippen LogP contribution in [-0.2, 0) is 4.79 Å². The van der Waals surface area contributed by atoms with E-state index in [1.807, 2.05) is 4.90 Å². The molecule has 1 atom stereocenters. The molecule has 8 nitrogen and oxygen atoms in total. The van der Waals surface area contributed by atoms with Gasteiger partial charge in [-0.2, -0.15) is 0 Å². The quantitative estimate of drug-likeness (QED) is 0.575. The highest BCUT2D eigenvalue weighted by Gasteiger charge is 2.22. The average Bonchev–Trinajstić information content (AvgIpc) is 2.67. The number of piperazine rings is 1. The average molecular weight is 347 g/mol. The molecule has 25 heavy (non-hydrogen) atoms. The van der Waals surface area contributed by atoms with E-state index in [-0.39, 0.29) is 5.91 Å².